The standard InChI is InChI=1S/C16H21NO/c1-12-5-3-6-13(2)16(12)11-14(17)8-9-15-7-4-10-18-15/h3-7,10,14H,8-9,11,17H2,1-2H3. The van der Waals surface area contributed by atoms with Crippen molar-refractivity contribution in [3.8, 4) is 0 Å². The van der Waals surface area contributed by atoms with Crippen molar-refractivity contribution in [1.29, 1.82) is 0 Å². The van der Waals surface area contributed by atoms with E-state index >= 15 is 0 Å². The molecule has 1 heterocycles. The number of furan rings is 1. The van der Waals surface area contributed by atoms with Crippen LogP contribution >= 0.6 is 0 Å². The molecule has 0 saturated carbocycles. The topological polar surface area (TPSA) is 39.2 Å². The van der Waals surface area contributed by atoms with E-state index in [4.69, 9.17) is 10.2 Å². The number of rotatable bonds is 5. The van der Waals surface area contributed by atoms with Gasteiger partial charge in [0.05, 0.1) is 6.26 Å². The van der Waals surface area contributed by atoms with Gasteiger partial charge in [0.25, 0.3) is 0 Å². The van der Waals surface area contributed by atoms with Gasteiger partial charge >= 0.3 is 0 Å². The molecule has 0 aliphatic heterocycles. The van der Waals surface area contributed by atoms with Crippen LogP contribution in [0, 0.1) is 13.8 Å². The van der Waals surface area contributed by atoms with Gasteiger partial charge in [0.15, 0.2) is 0 Å². The molecule has 0 fully saturated rings. The number of hydrogen-bond donors (Lipinski definition) is 1. The molecule has 0 saturated heterocycles. The van der Waals surface area contributed by atoms with Crippen molar-refractivity contribution in [2.75, 3.05) is 0 Å². The highest BCUT2D eigenvalue weighted by atomic mass is 16.3. The highest BCUT2D eigenvalue weighted by molar-refractivity contribution is 5.34. The molecule has 0 radical (unpaired) electrons. The van der Waals surface area contributed by atoms with E-state index in [9.17, 15) is 0 Å². The van der Waals surface area contributed by atoms with Gasteiger partial charge in [-0.05, 0) is 55.5 Å². The molecule has 0 aliphatic carbocycles. The molecule has 2 rings (SSSR count). The maximum absolute atomic E-state index is 6.22. The molecule has 0 aliphatic rings. The summed E-state index contributed by atoms with van der Waals surface area (Å²) >= 11 is 0. The van der Waals surface area contributed by atoms with Gasteiger partial charge in [-0.2, -0.15) is 0 Å². The lowest BCUT2D eigenvalue weighted by molar-refractivity contribution is 0.483. The van der Waals surface area contributed by atoms with Crippen LogP contribution in [0.5, 0.6) is 0 Å². The first-order chi connectivity index (χ1) is 8.66. The van der Waals surface area contributed by atoms with E-state index in [1.807, 2.05) is 12.1 Å². The first-order valence-corrected chi connectivity index (χ1v) is 6.50. The SMILES string of the molecule is Cc1cccc(C)c1CC(N)CCc1ccco1. The summed E-state index contributed by atoms with van der Waals surface area (Å²) in [7, 11) is 0. The summed E-state index contributed by atoms with van der Waals surface area (Å²) in [4.78, 5) is 0. The van der Waals surface area contributed by atoms with Gasteiger partial charge in [-0.3, -0.25) is 0 Å². The van der Waals surface area contributed by atoms with E-state index in [0.29, 0.717) is 0 Å². The number of benzene rings is 1. The Labute approximate surface area is 109 Å². The zero-order chi connectivity index (χ0) is 13.0. The third-order valence-corrected chi connectivity index (χ3v) is 3.45. The van der Waals surface area contributed by atoms with Gasteiger partial charge in [0.1, 0.15) is 5.76 Å². The summed E-state index contributed by atoms with van der Waals surface area (Å²) in [5.41, 5.74) is 10.3. The number of aryl methyl sites for hydroxylation is 3. The second kappa shape index (κ2) is 5.87. The van der Waals surface area contributed by atoms with Gasteiger partial charge in [-0.1, -0.05) is 18.2 Å². The second-order valence-electron chi connectivity index (χ2n) is 4.95. The molecule has 1 atom stereocenters. The van der Waals surface area contributed by atoms with Gasteiger partial charge < -0.3 is 10.2 Å². The monoisotopic (exact) mass is 243 g/mol. The largest absolute Gasteiger partial charge is 0.469 e. The lowest BCUT2D eigenvalue weighted by Gasteiger charge is -2.15. The molecule has 18 heavy (non-hydrogen) atoms. The zero-order valence-electron chi connectivity index (χ0n) is 11.1. The Kier molecular flexibility index (Phi) is 4.21. The molecule has 1 aromatic carbocycles. The van der Waals surface area contributed by atoms with E-state index < -0.39 is 0 Å². The van der Waals surface area contributed by atoms with Crippen molar-refractivity contribution >= 4 is 0 Å². The van der Waals surface area contributed by atoms with Crippen molar-refractivity contribution in [2.24, 2.45) is 5.73 Å². The van der Waals surface area contributed by atoms with Gasteiger partial charge in [-0.25, -0.2) is 0 Å². The van der Waals surface area contributed by atoms with E-state index in [1.165, 1.54) is 16.7 Å². The van der Waals surface area contributed by atoms with Crippen molar-refractivity contribution in [1.82, 2.24) is 0 Å². The van der Waals surface area contributed by atoms with Crippen molar-refractivity contribution in [3.05, 3.63) is 59.0 Å². The van der Waals surface area contributed by atoms with Crippen LogP contribution in [-0.4, -0.2) is 6.04 Å². The first-order valence-electron chi connectivity index (χ1n) is 6.50. The quantitative estimate of drug-likeness (QED) is 0.874. The molecule has 2 heteroatoms. The fourth-order valence-corrected chi connectivity index (χ4v) is 2.32. The Balaban J connectivity index is 1.92. The molecule has 0 spiro atoms. The highest BCUT2D eigenvalue weighted by Gasteiger charge is 2.09. The van der Waals surface area contributed by atoms with E-state index in [2.05, 4.69) is 32.0 Å². The average molecular weight is 243 g/mol. The lowest BCUT2D eigenvalue weighted by atomic mass is 9.95. The molecule has 2 aromatic rings. The smallest absolute Gasteiger partial charge is 0.103 e. The number of hydrogen-bond acceptors (Lipinski definition) is 2. The van der Waals surface area contributed by atoms with Gasteiger partial charge in [0, 0.05) is 12.5 Å². The van der Waals surface area contributed by atoms with Gasteiger partial charge in [0.2, 0.25) is 0 Å². The Morgan fingerprint density at radius 1 is 1.11 bits per heavy atom. The third kappa shape index (κ3) is 3.23. The average Bonchev–Trinajstić information content (AvgIpc) is 2.84. The fourth-order valence-electron chi connectivity index (χ4n) is 2.32. The fraction of sp³-hybridized carbons (Fsp3) is 0.375. The summed E-state index contributed by atoms with van der Waals surface area (Å²) in [5, 5.41) is 0. The summed E-state index contributed by atoms with van der Waals surface area (Å²) in [6.07, 6.45) is 4.53. The van der Waals surface area contributed by atoms with Crippen molar-refractivity contribution in [3.63, 3.8) is 0 Å². The third-order valence-electron chi connectivity index (χ3n) is 3.45. The van der Waals surface area contributed by atoms with Crippen LogP contribution in [0.3, 0.4) is 0 Å². The van der Waals surface area contributed by atoms with E-state index in [-0.39, 0.29) is 6.04 Å². The van der Waals surface area contributed by atoms with Crippen LogP contribution in [-0.2, 0) is 12.8 Å². The second-order valence-corrected chi connectivity index (χ2v) is 4.95. The molecule has 0 bridgehead atoms. The Morgan fingerprint density at radius 2 is 1.83 bits per heavy atom. The van der Waals surface area contributed by atoms with E-state index in [1.54, 1.807) is 6.26 Å². The lowest BCUT2D eigenvalue weighted by Crippen LogP contribution is -2.24. The molecule has 0 amide bonds. The first kappa shape index (κ1) is 12.9. The predicted molar refractivity (Wildman–Crippen MR) is 74.6 cm³/mol. The minimum absolute atomic E-state index is 0.190. The Hall–Kier alpha value is -1.54. The molecular formula is C16H21NO. The van der Waals surface area contributed by atoms with Crippen LogP contribution < -0.4 is 5.73 Å². The molecule has 2 nitrogen and oxygen atoms in total. The van der Waals surface area contributed by atoms with Crippen LogP contribution in [0.2, 0.25) is 0 Å². The van der Waals surface area contributed by atoms with Gasteiger partial charge in [-0.15, -0.1) is 0 Å². The molecule has 1 unspecified atom stereocenters. The predicted octanol–water partition coefficient (Wildman–Crippen LogP) is 3.40. The molecule has 2 N–H and O–H groups in total. The number of nitrogens with two attached hydrogens (primary N) is 1. The molecular weight excluding hydrogens is 222 g/mol. The summed E-state index contributed by atoms with van der Waals surface area (Å²) in [6, 6.07) is 10.5. The maximum atomic E-state index is 6.22. The molecule has 96 valence electrons. The summed E-state index contributed by atoms with van der Waals surface area (Å²) in [5.74, 6) is 1.02. The zero-order valence-corrected chi connectivity index (χ0v) is 11.1. The van der Waals surface area contributed by atoms with Crippen molar-refractivity contribution in [2.45, 2.75) is 39.2 Å². The minimum Gasteiger partial charge on any atom is -0.469 e. The Morgan fingerprint density at radius 3 is 2.44 bits per heavy atom. The normalized spacial score (nSPS) is 12.6. The van der Waals surface area contributed by atoms with Crippen LogP contribution in [0.1, 0.15) is 28.9 Å². The van der Waals surface area contributed by atoms with E-state index in [0.717, 1.165) is 25.0 Å². The van der Waals surface area contributed by atoms with Crippen LogP contribution in [0.15, 0.2) is 41.0 Å². The van der Waals surface area contributed by atoms with Crippen LogP contribution in [0.4, 0.5) is 0 Å². The maximum Gasteiger partial charge on any atom is 0.103 e. The van der Waals surface area contributed by atoms with Crippen molar-refractivity contribution < 1.29 is 4.42 Å². The Bertz CT molecular complexity index is 468. The summed E-state index contributed by atoms with van der Waals surface area (Å²) < 4.78 is 5.33. The highest BCUT2D eigenvalue weighted by Crippen LogP contribution is 2.16. The molecule has 1 aromatic heterocycles. The summed E-state index contributed by atoms with van der Waals surface area (Å²) in [6.45, 7) is 4.31. The minimum atomic E-state index is 0.190. The van der Waals surface area contributed by atoms with Crippen LogP contribution in [0.25, 0.3) is 0 Å².